The normalized spacial score (nSPS) is 10.7. The number of likely N-dealkylation sites (N-methyl/N-ethyl adjacent to an activating group) is 2. The highest BCUT2D eigenvalue weighted by Gasteiger charge is 2.22. The Morgan fingerprint density at radius 3 is 2.00 bits per heavy atom. The molecule has 0 radical (unpaired) electrons. The van der Waals surface area contributed by atoms with E-state index in [1.807, 2.05) is 13.8 Å². The van der Waals surface area contributed by atoms with Gasteiger partial charge in [0.05, 0.1) is 5.54 Å². The smallest absolute Gasteiger partial charge is 0.328 e. The largest absolute Gasteiger partial charge is 0.358 e. The predicted molar refractivity (Wildman–Crippen MR) is 51.3 cm³/mol. The zero-order chi connectivity index (χ0) is 11.1. The lowest BCUT2D eigenvalue weighted by molar-refractivity contribution is -0.125. The van der Waals surface area contributed by atoms with Crippen molar-refractivity contribution >= 4 is 13.4 Å². The molecule has 0 unspecified atom stereocenters. The quantitative estimate of drug-likeness (QED) is 0.588. The van der Waals surface area contributed by atoms with Gasteiger partial charge in [-0.05, 0) is 20.9 Å². The molecule has 0 fully saturated rings. The van der Waals surface area contributed by atoms with Crippen LogP contribution in [0.2, 0.25) is 6.82 Å². The third-order valence-corrected chi connectivity index (χ3v) is 1.42. The summed E-state index contributed by atoms with van der Waals surface area (Å²) in [4.78, 5) is 10.9. The van der Waals surface area contributed by atoms with Crippen LogP contribution in [0.15, 0.2) is 0 Å². The van der Waals surface area contributed by atoms with Crippen molar-refractivity contribution in [2.45, 2.75) is 26.2 Å². The van der Waals surface area contributed by atoms with Crippen LogP contribution in [-0.2, 0) is 4.79 Å². The number of carbonyl (C=O) groups is 1. The van der Waals surface area contributed by atoms with Crippen molar-refractivity contribution in [3.63, 3.8) is 0 Å². The van der Waals surface area contributed by atoms with Crippen LogP contribution in [0, 0.1) is 0 Å². The highest BCUT2D eigenvalue weighted by atomic mass is 19.1. The molecule has 0 rings (SSSR count). The molecule has 0 aliphatic heterocycles. The first kappa shape index (κ1) is 11.4. The Morgan fingerprint density at radius 1 is 1.58 bits per heavy atom. The van der Waals surface area contributed by atoms with E-state index in [1.54, 1.807) is 14.1 Å². The molecule has 0 aromatic rings. The van der Waals surface area contributed by atoms with Gasteiger partial charge in [0.15, 0.2) is 0 Å². The molecule has 0 atom stereocenters. The van der Waals surface area contributed by atoms with E-state index in [9.17, 15) is 9.11 Å². The molecule has 12 heavy (non-hydrogen) atoms. The van der Waals surface area contributed by atoms with Crippen LogP contribution in [0.1, 0.15) is 13.8 Å². The fourth-order valence-electron chi connectivity index (χ4n) is 0.426. The maximum absolute atomic E-state index is 10.9. The Balaban J connectivity index is 0. The summed E-state index contributed by atoms with van der Waals surface area (Å²) in [7, 11) is 1.97. The van der Waals surface area contributed by atoms with Gasteiger partial charge in [-0.15, -0.1) is 0 Å². The van der Waals surface area contributed by atoms with Crippen LogP contribution in [0.3, 0.4) is 0 Å². The molecule has 0 aliphatic rings. The van der Waals surface area contributed by atoms with Gasteiger partial charge in [0, 0.05) is 8.38 Å². The summed E-state index contributed by atoms with van der Waals surface area (Å²) in [5, 5.41) is 5.43. The molecule has 0 aliphatic carbocycles. The van der Waals surface area contributed by atoms with Gasteiger partial charge in [-0.25, -0.2) is 0 Å². The monoisotopic (exact) mass is 178 g/mol. The lowest BCUT2D eigenvalue weighted by Crippen LogP contribution is -2.49. The number of amides is 1. The number of rotatable bonds is 2. The standard InChI is InChI=1S/C6H14N2O.CH4BF/c1-6(2,8-4)5(9)7-3;1-2-3/h8H,1-4H3,(H,7,9);2H,1H3/i;2T. The zero-order valence-corrected chi connectivity index (χ0v) is 8.36. The fourth-order valence-corrected chi connectivity index (χ4v) is 0.426. The number of nitrogens with one attached hydrogen (secondary N) is 2. The van der Waals surface area contributed by atoms with Crippen LogP contribution >= 0.6 is 0 Å². The van der Waals surface area contributed by atoms with Crippen molar-refractivity contribution in [2.75, 3.05) is 14.1 Å². The summed E-state index contributed by atoms with van der Waals surface area (Å²) in [6, 6.07) is 0. The average Bonchev–Trinajstić information content (AvgIpc) is 2.02. The third-order valence-electron chi connectivity index (χ3n) is 1.42. The minimum absolute atomic E-state index is 0.00463. The Hall–Kier alpha value is -0.575. The Kier molecular flexibility index (Phi) is 6.75. The highest BCUT2D eigenvalue weighted by molar-refractivity contribution is 6.23. The Labute approximate surface area is 75.8 Å². The number of carbonyl (C=O) groups excluding carboxylic acids is 1. The van der Waals surface area contributed by atoms with Crippen LogP contribution in [-0.4, -0.2) is 34.4 Å². The molecule has 3 nitrogen and oxygen atoms in total. The van der Waals surface area contributed by atoms with Crippen LogP contribution < -0.4 is 10.6 Å². The van der Waals surface area contributed by atoms with E-state index in [0.29, 0.717) is 0 Å². The van der Waals surface area contributed by atoms with Crippen molar-refractivity contribution in [1.82, 2.24) is 10.6 Å². The molecule has 0 saturated carbocycles. The Morgan fingerprint density at radius 2 is 1.92 bits per heavy atom. The molecular formula is C7H18BFN2O. The van der Waals surface area contributed by atoms with Gasteiger partial charge in [-0.2, -0.15) is 0 Å². The van der Waals surface area contributed by atoms with Gasteiger partial charge in [-0.1, -0.05) is 6.82 Å². The molecule has 0 bridgehead atoms. The van der Waals surface area contributed by atoms with Crippen molar-refractivity contribution < 1.29 is 9.11 Å². The number of hydrogen-bond donors (Lipinski definition) is 2. The maximum Gasteiger partial charge on any atom is 0.328 e. The molecule has 1 amide bonds. The van der Waals surface area contributed by atoms with Crippen molar-refractivity contribution in [3.05, 3.63) is 0 Å². The van der Waals surface area contributed by atoms with Gasteiger partial charge in [-0.3, -0.25) is 4.79 Å². The SMILES string of the molecule is CNC(=O)C(C)(C)NC.[3H]B(C)F. The van der Waals surface area contributed by atoms with Gasteiger partial charge in [0.25, 0.3) is 0 Å². The van der Waals surface area contributed by atoms with E-state index < -0.39 is 13.1 Å². The van der Waals surface area contributed by atoms with Crippen LogP contribution in [0.5, 0.6) is 0 Å². The van der Waals surface area contributed by atoms with E-state index in [0.717, 1.165) is 0 Å². The first-order valence-electron chi connectivity index (χ1n) is 4.33. The van der Waals surface area contributed by atoms with E-state index in [-0.39, 0.29) is 5.91 Å². The van der Waals surface area contributed by atoms with E-state index in [2.05, 4.69) is 10.6 Å². The number of halogens is 1. The summed E-state index contributed by atoms with van der Waals surface area (Å²) in [5.41, 5.74) is -0.450. The molecule has 0 spiro atoms. The molecule has 0 aromatic heterocycles. The summed E-state index contributed by atoms with van der Waals surface area (Å²) < 4.78 is 16.6. The van der Waals surface area contributed by atoms with Gasteiger partial charge >= 0.3 is 7.52 Å². The molecule has 2 N–H and O–H groups in total. The van der Waals surface area contributed by atoms with Gasteiger partial charge in [0.2, 0.25) is 5.91 Å². The zero-order valence-electron chi connectivity index (χ0n) is 9.36. The van der Waals surface area contributed by atoms with Crippen molar-refractivity contribution in [2.24, 2.45) is 0 Å². The lowest BCUT2D eigenvalue weighted by Gasteiger charge is -2.20. The molecule has 5 heteroatoms. The highest BCUT2D eigenvalue weighted by Crippen LogP contribution is 1.98. The minimum Gasteiger partial charge on any atom is -0.358 e. The average molecular weight is 178 g/mol. The Bertz CT molecular complexity index is 153. The topological polar surface area (TPSA) is 41.1 Å². The molecule has 72 valence electrons. The van der Waals surface area contributed by atoms with Crippen LogP contribution in [0.25, 0.3) is 0 Å². The fraction of sp³-hybridized carbons (Fsp3) is 0.857. The predicted octanol–water partition coefficient (Wildman–Crippen LogP) is 0.0859. The molecular weight excluding hydrogens is 158 g/mol. The van der Waals surface area contributed by atoms with E-state index >= 15 is 0 Å². The second kappa shape index (κ2) is 7.09. The van der Waals surface area contributed by atoms with Gasteiger partial charge < -0.3 is 14.9 Å². The summed E-state index contributed by atoms with van der Waals surface area (Å²) >= 11 is 0. The second-order valence-corrected chi connectivity index (χ2v) is 2.67. The molecule has 0 aromatic carbocycles. The summed E-state index contributed by atoms with van der Waals surface area (Å²) in [6.07, 6.45) is 0. The second-order valence-electron chi connectivity index (χ2n) is 2.67. The third kappa shape index (κ3) is 6.16. The number of hydrogen-bond acceptors (Lipinski definition) is 2. The van der Waals surface area contributed by atoms with E-state index in [4.69, 9.17) is 1.34 Å². The van der Waals surface area contributed by atoms with Gasteiger partial charge in [0.1, 0.15) is 0 Å². The lowest BCUT2D eigenvalue weighted by atomic mass is 10.1. The first-order chi connectivity index (χ1) is 5.77. The summed E-state index contributed by atoms with van der Waals surface area (Å²) in [5.74, 6) is 0.00463. The molecule has 0 heterocycles. The minimum atomic E-state index is -1.42. The van der Waals surface area contributed by atoms with Crippen molar-refractivity contribution in [1.29, 1.82) is 1.34 Å². The molecule has 0 saturated heterocycles. The van der Waals surface area contributed by atoms with Crippen LogP contribution in [0.4, 0.5) is 4.32 Å². The summed E-state index contributed by atoms with van der Waals surface area (Å²) in [6.45, 7) is 4.82. The van der Waals surface area contributed by atoms with Crippen molar-refractivity contribution in [3.8, 4) is 0 Å². The van der Waals surface area contributed by atoms with E-state index in [1.165, 1.54) is 6.82 Å². The maximum atomic E-state index is 10.9. The first-order valence-corrected chi connectivity index (χ1v) is 3.75.